The molecule has 0 aromatic carbocycles. The third-order valence-electron chi connectivity index (χ3n) is 2.43. The number of nitrogens with two attached hydrogens (primary N) is 1. The molecule has 0 bridgehead atoms. The van der Waals surface area contributed by atoms with E-state index in [4.69, 9.17) is 5.73 Å². The van der Waals surface area contributed by atoms with Gasteiger partial charge in [-0.25, -0.2) is 0 Å². The first kappa shape index (κ1) is 11.7. The Morgan fingerprint density at radius 3 is 2.18 bits per heavy atom. The van der Waals surface area contributed by atoms with Crippen LogP contribution in [0.5, 0.6) is 0 Å². The fraction of sp³-hybridized carbons (Fsp3) is 1.00. The second-order valence-electron chi connectivity index (χ2n) is 3.26. The molecule has 0 fully saturated rings. The van der Waals surface area contributed by atoms with Crippen LogP contribution in [-0.4, -0.2) is 4.05 Å². The van der Waals surface area contributed by atoms with Crippen LogP contribution in [0.15, 0.2) is 0 Å². The highest BCUT2D eigenvalue weighted by atomic mass is 127. The number of alkyl halides is 1. The van der Waals surface area contributed by atoms with Crippen molar-refractivity contribution in [1.29, 1.82) is 0 Å². The van der Waals surface area contributed by atoms with Crippen LogP contribution in [-0.2, 0) is 0 Å². The van der Waals surface area contributed by atoms with Crippen molar-refractivity contribution in [3.8, 4) is 0 Å². The van der Waals surface area contributed by atoms with Crippen molar-refractivity contribution >= 4 is 22.6 Å². The third kappa shape index (κ3) is 4.31. The molecule has 0 aromatic rings. The van der Waals surface area contributed by atoms with E-state index in [-0.39, 0.29) is 0 Å². The second-order valence-corrected chi connectivity index (χ2v) is 4.70. The molecule has 2 heteroatoms. The standard InChI is InChI=1S/C9H20IN/c1-4-6-8(5-2)7(3)9(10)11/h7-9H,4-6,11H2,1-3H3. The number of halogens is 1. The normalized spacial score (nSPS) is 19.4. The molecular weight excluding hydrogens is 249 g/mol. The molecule has 0 aliphatic rings. The summed E-state index contributed by atoms with van der Waals surface area (Å²) in [6, 6.07) is 0. The van der Waals surface area contributed by atoms with Crippen LogP contribution >= 0.6 is 22.6 Å². The van der Waals surface area contributed by atoms with Gasteiger partial charge < -0.3 is 5.73 Å². The van der Waals surface area contributed by atoms with E-state index in [9.17, 15) is 0 Å². The molecular formula is C9H20IN. The van der Waals surface area contributed by atoms with Gasteiger partial charge in [0.25, 0.3) is 0 Å². The maximum Gasteiger partial charge on any atom is 0.0597 e. The summed E-state index contributed by atoms with van der Waals surface area (Å²) >= 11 is 2.32. The summed E-state index contributed by atoms with van der Waals surface area (Å²) in [7, 11) is 0. The minimum Gasteiger partial charge on any atom is -0.319 e. The van der Waals surface area contributed by atoms with Crippen LogP contribution in [0, 0.1) is 11.8 Å². The second kappa shape index (κ2) is 6.23. The largest absolute Gasteiger partial charge is 0.319 e. The van der Waals surface area contributed by atoms with Gasteiger partial charge in [0.05, 0.1) is 4.05 Å². The van der Waals surface area contributed by atoms with Crippen molar-refractivity contribution in [2.24, 2.45) is 17.6 Å². The first-order valence-corrected chi connectivity index (χ1v) is 5.77. The molecule has 0 aliphatic carbocycles. The third-order valence-corrected chi connectivity index (χ3v) is 3.56. The van der Waals surface area contributed by atoms with Crippen LogP contribution in [0.1, 0.15) is 40.0 Å². The Kier molecular flexibility index (Phi) is 6.62. The number of hydrogen-bond acceptors (Lipinski definition) is 1. The summed E-state index contributed by atoms with van der Waals surface area (Å²) in [6.07, 6.45) is 3.88. The number of hydrogen-bond donors (Lipinski definition) is 1. The number of rotatable bonds is 5. The van der Waals surface area contributed by atoms with Crippen molar-refractivity contribution in [3.05, 3.63) is 0 Å². The predicted molar refractivity (Wildman–Crippen MR) is 59.8 cm³/mol. The van der Waals surface area contributed by atoms with E-state index in [0.29, 0.717) is 9.97 Å². The van der Waals surface area contributed by atoms with Gasteiger partial charge in [-0.15, -0.1) is 0 Å². The first-order chi connectivity index (χ1) is 5.13. The average Bonchev–Trinajstić information content (AvgIpc) is 1.98. The summed E-state index contributed by atoms with van der Waals surface area (Å²) in [5.74, 6) is 1.49. The lowest BCUT2D eigenvalue weighted by Gasteiger charge is -2.24. The lowest BCUT2D eigenvalue weighted by molar-refractivity contribution is 0.323. The lowest BCUT2D eigenvalue weighted by Crippen LogP contribution is -2.27. The average molecular weight is 269 g/mol. The Morgan fingerprint density at radius 2 is 1.91 bits per heavy atom. The molecule has 0 spiro atoms. The summed E-state index contributed by atoms with van der Waals surface area (Å²) in [5.41, 5.74) is 5.83. The minimum absolute atomic E-state index is 0.323. The molecule has 0 heterocycles. The summed E-state index contributed by atoms with van der Waals surface area (Å²) < 4.78 is 0.323. The highest BCUT2D eigenvalue weighted by Crippen LogP contribution is 2.25. The summed E-state index contributed by atoms with van der Waals surface area (Å²) in [4.78, 5) is 0. The molecule has 3 unspecified atom stereocenters. The Morgan fingerprint density at radius 1 is 1.36 bits per heavy atom. The van der Waals surface area contributed by atoms with Crippen molar-refractivity contribution in [1.82, 2.24) is 0 Å². The van der Waals surface area contributed by atoms with Crippen LogP contribution in [0.4, 0.5) is 0 Å². The zero-order chi connectivity index (χ0) is 8.85. The van der Waals surface area contributed by atoms with Crippen LogP contribution in [0.25, 0.3) is 0 Å². The van der Waals surface area contributed by atoms with E-state index >= 15 is 0 Å². The van der Waals surface area contributed by atoms with Gasteiger partial charge in [-0.2, -0.15) is 0 Å². The Balaban J connectivity index is 3.81. The van der Waals surface area contributed by atoms with E-state index in [0.717, 1.165) is 5.92 Å². The topological polar surface area (TPSA) is 26.0 Å². The van der Waals surface area contributed by atoms with Gasteiger partial charge in [0, 0.05) is 0 Å². The van der Waals surface area contributed by atoms with Crippen LogP contribution in [0.2, 0.25) is 0 Å². The maximum atomic E-state index is 5.83. The maximum absolute atomic E-state index is 5.83. The van der Waals surface area contributed by atoms with E-state index in [1.54, 1.807) is 0 Å². The molecule has 0 aliphatic heterocycles. The monoisotopic (exact) mass is 269 g/mol. The smallest absolute Gasteiger partial charge is 0.0597 e. The minimum atomic E-state index is 0.323. The zero-order valence-corrected chi connectivity index (χ0v) is 9.97. The van der Waals surface area contributed by atoms with E-state index in [2.05, 4.69) is 43.4 Å². The van der Waals surface area contributed by atoms with Gasteiger partial charge in [-0.05, 0) is 11.8 Å². The fourth-order valence-corrected chi connectivity index (χ4v) is 2.06. The molecule has 0 radical (unpaired) electrons. The summed E-state index contributed by atoms with van der Waals surface area (Å²) in [5, 5.41) is 0. The van der Waals surface area contributed by atoms with Crippen molar-refractivity contribution in [3.63, 3.8) is 0 Å². The highest BCUT2D eigenvalue weighted by Gasteiger charge is 2.18. The Labute approximate surface area is 84.3 Å². The molecule has 2 N–H and O–H groups in total. The SMILES string of the molecule is CCCC(CC)C(C)C(N)I. The van der Waals surface area contributed by atoms with Crippen molar-refractivity contribution < 1.29 is 0 Å². The Hall–Kier alpha value is 0.690. The summed E-state index contributed by atoms with van der Waals surface area (Å²) in [6.45, 7) is 6.77. The van der Waals surface area contributed by atoms with Gasteiger partial charge in [-0.1, -0.05) is 62.6 Å². The zero-order valence-electron chi connectivity index (χ0n) is 7.81. The van der Waals surface area contributed by atoms with Gasteiger partial charge in [0.1, 0.15) is 0 Å². The molecule has 68 valence electrons. The van der Waals surface area contributed by atoms with E-state index in [1.807, 2.05) is 0 Å². The van der Waals surface area contributed by atoms with Crippen LogP contribution in [0.3, 0.4) is 0 Å². The van der Waals surface area contributed by atoms with Crippen molar-refractivity contribution in [2.45, 2.75) is 44.1 Å². The molecule has 0 aromatic heterocycles. The van der Waals surface area contributed by atoms with Gasteiger partial charge in [-0.3, -0.25) is 0 Å². The molecule has 0 rings (SSSR count). The predicted octanol–water partition coefficient (Wildman–Crippen LogP) is 3.17. The van der Waals surface area contributed by atoms with Crippen molar-refractivity contribution in [2.75, 3.05) is 0 Å². The molecule has 0 amide bonds. The molecule has 1 nitrogen and oxygen atoms in total. The first-order valence-electron chi connectivity index (χ1n) is 4.53. The van der Waals surface area contributed by atoms with Gasteiger partial charge >= 0.3 is 0 Å². The molecule has 3 atom stereocenters. The molecule has 0 saturated heterocycles. The van der Waals surface area contributed by atoms with E-state index in [1.165, 1.54) is 19.3 Å². The van der Waals surface area contributed by atoms with Gasteiger partial charge in [0.2, 0.25) is 0 Å². The highest BCUT2D eigenvalue weighted by molar-refractivity contribution is 14.1. The lowest BCUT2D eigenvalue weighted by atomic mass is 9.88. The quantitative estimate of drug-likeness (QED) is 0.463. The van der Waals surface area contributed by atoms with E-state index < -0.39 is 0 Å². The fourth-order valence-electron chi connectivity index (χ4n) is 1.47. The van der Waals surface area contributed by atoms with Crippen LogP contribution < -0.4 is 5.73 Å². The molecule has 0 saturated carbocycles. The molecule has 11 heavy (non-hydrogen) atoms. The Bertz CT molecular complexity index is 93.6. The van der Waals surface area contributed by atoms with Gasteiger partial charge in [0.15, 0.2) is 0 Å².